The van der Waals surface area contributed by atoms with Crippen molar-refractivity contribution in [1.29, 1.82) is 0 Å². The van der Waals surface area contributed by atoms with E-state index < -0.39 is 0 Å². The zero-order valence-electron chi connectivity index (χ0n) is 22.1. The molecule has 1 aliphatic heterocycles. The van der Waals surface area contributed by atoms with E-state index in [2.05, 4.69) is 30.6 Å². The normalized spacial score (nSPS) is 13.9. The van der Waals surface area contributed by atoms with Crippen LogP contribution in [0.3, 0.4) is 0 Å². The average molecular weight is 593 g/mol. The van der Waals surface area contributed by atoms with Gasteiger partial charge in [-0.15, -0.1) is 10.2 Å². The van der Waals surface area contributed by atoms with Crippen molar-refractivity contribution in [2.75, 3.05) is 18.5 Å². The predicted octanol–water partition coefficient (Wildman–Crippen LogP) is 5.64. The van der Waals surface area contributed by atoms with Crippen LogP contribution in [-0.2, 0) is 18.3 Å². The van der Waals surface area contributed by atoms with Crippen molar-refractivity contribution in [2.45, 2.75) is 25.8 Å². The van der Waals surface area contributed by atoms with Gasteiger partial charge >= 0.3 is 0 Å². The summed E-state index contributed by atoms with van der Waals surface area (Å²) in [5.41, 5.74) is 0.984. The number of halogens is 2. The highest BCUT2D eigenvalue weighted by atomic mass is 35.5. The van der Waals surface area contributed by atoms with Crippen LogP contribution in [0.15, 0.2) is 59.8 Å². The van der Waals surface area contributed by atoms with Crippen LogP contribution in [0, 0.1) is 5.92 Å². The fourth-order valence-electron chi connectivity index (χ4n) is 4.79. The molecule has 41 heavy (non-hydrogen) atoms. The number of benzene rings is 1. The van der Waals surface area contributed by atoms with Crippen molar-refractivity contribution in [1.82, 2.24) is 34.5 Å². The van der Waals surface area contributed by atoms with Crippen molar-refractivity contribution in [3.8, 4) is 22.8 Å². The number of hydrogen-bond acceptors (Lipinski definition) is 9. The molecule has 5 aromatic rings. The quantitative estimate of drug-likeness (QED) is 0.244. The van der Waals surface area contributed by atoms with E-state index in [4.69, 9.17) is 32.7 Å². The molecule has 1 N–H and O–H groups in total. The first-order valence-corrected chi connectivity index (χ1v) is 13.9. The van der Waals surface area contributed by atoms with Crippen LogP contribution in [0.5, 0.6) is 11.6 Å². The molecule has 1 saturated heterocycles. The first-order chi connectivity index (χ1) is 19.9. The molecular weight excluding hydrogens is 567 g/mol. The maximum Gasteiger partial charge on any atom is 0.259 e. The number of nitrogens with one attached hydrogen (secondary N) is 1. The van der Waals surface area contributed by atoms with Crippen molar-refractivity contribution >= 4 is 46.0 Å². The van der Waals surface area contributed by atoms with Gasteiger partial charge in [-0.1, -0.05) is 29.3 Å². The van der Waals surface area contributed by atoms with E-state index in [-0.39, 0.29) is 11.5 Å². The SMILES string of the molecule is Cn1c(=O)c(-c2c(Cl)cccc2Cl)cc2cnc(Nc3ccc(Oc4cnn(CCC5CCOCC5)c4)nn3)nc21. The van der Waals surface area contributed by atoms with Crippen LogP contribution in [0.25, 0.3) is 22.2 Å². The number of aromatic nitrogens is 7. The molecule has 0 radical (unpaired) electrons. The maximum absolute atomic E-state index is 13.2. The Hall–Kier alpha value is -4.06. The minimum absolute atomic E-state index is 0.254. The van der Waals surface area contributed by atoms with Crippen molar-refractivity contribution in [3.05, 3.63) is 75.4 Å². The summed E-state index contributed by atoms with van der Waals surface area (Å²) in [6.45, 7) is 2.51. The number of aryl methyl sites for hydroxylation is 2. The van der Waals surface area contributed by atoms with Gasteiger partial charge < -0.3 is 14.8 Å². The highest BCUT2D eigenvalue weighted by molar-refractivity contribution is 6.39. The van der Waals surface area contributed by atoms with Gasteiger partial charge in [-0.05, 0) is 49.4 Å². The molecule has 0 saturated carbocycles. The van der Waals surface area contributed by atoms with Gasteiger partial charge in [-0.2, -0.15) is 10.1 Å². The smallest absolute Gasteiger partial charge is 0.259 e. The number of ether oxygens (including phenoxy) is 2. The lowest BCUT2D eigenvalue weighted by Gasteiger charge is -2.21. The average Bonchev–Trinajstić information content (AvgIpc) is 3.43. The first-order valence-electron chi connectivity index (χ1n) is 13.1. The summed E-state index contributed by atoms with van der Waals surface area (Å²) in [5, 5.41) is 17.1. The van der Waals surface area contributed by atoms with Gasteiger partial charge in [0, 0.05) is 50.0 Å². The second-order valence-corrected chi connectivity index (χ2v) is 10.6. The lowest BCUT2D eigenvalue weighted by atomic mass is 9.97. The molecule has 4 aromatic heterocycles. The zero-order chi connectivity index (χ0) is 28.3. The van der Waals surface area contributed by atoms with E-state index in [1.165, 1.54) is 4.57 Å². The van der Waals surface area contributed by atoms with E-state index in [0.717, 1.165) is 39.0 Å². The van der Waals surface area contributed by atoms with E-state index in [0.29, 0.717) is 55.6 Å². The summed E-state index contributed by atoms with van der Waals surface area (Å²) in [7, 11) is 1.63. The Labute approximate surface area is 245 Å². The summed E-state index contributed by atoms with van der Waals surface area (Å²) < 4.78 is 14.6. The fraction of sp³-hybridized carbons (Fsp3) is 0.286. The summed E-state index contributed by atoms with van der Waals surface area (Å²) in [5.74, 6) is 2.25. The molecule has 1 aromatic carbocycles. The van der Waals surface area contributed by atoms with E-state index in [1.54, 1.807) is 55.8 Å². The number of pyridine rings is 1. The minimum atomic E-state index is -0.287. The molecule has 0 amide bonds. The first kappa shape index (κ1) is 27.1. The maximum atomic E-state index is 13.2. The van der Waals surface area contributed by atoms with Gasteiger partial charge in [0.2, 0.25) is 11.8 Å². The summed E-state index contributed by atoms with van der Waals surface area (Å²) >= 11 is 12.7. The van der Waals surface area contributed by atoms with Gasteiger partial charge in [0.15, 0.2) is 11.6 Å². The van der Waals surface area contributed by atoms with E-state index >= 15 is 0 Å². The molecule has 5 heterocycles. The number of anilines is 2. The molecule has 0 aliphatic carbocycles. The number of hydrogen-bond donors (Lipinski definition) is 1. The molecule has 13 heteroatoms. The standard InChI is InChI=1S/C28H26Cl2N8O3/c1-37-26-18(13-20(27(37)39)25-21(29)3-2-4-22(25)30)14-31-28(34-26)33-23-5-6-24(36-35-23)41-19-15-32-38(16-19)10-7-17-8-11-40-12-9-17/h2-6,13-17H,7-12H2,1H3,(H,31,33,34,35). The molecule has 6 rings (SSSR count). The van der Waals surface area contributed by atoms with Gasteiger partial charge in [0.25, 0.3) is 5.56 Å². The molecular formula is C28H26Cl2N8O3. The van der Waals surface area contributed by atoms with Crippen LogP contribution in [-0.4, -0.2) is 47.7 Å². The Morgan fingerprint density at radius 1 is 1.10 bits per heavy atom. The van der Waals surface area contributed by atoms with Crippen LogP contribution in [0.1, 0.15) is 19.3 Å². The monoisotopic (exact) mass is 592 g/mol. The van der Waals surface area contributed by atoms with Crippen molar-refractivity contribution < 1.29 is 9.47 Å². The van der Waals surface area contributed by atoms with Gasteiger partial charge in [-0.25, -0.2) is 4.98 Å². The summed E-state index contributed by atoms with van der Waals surface area (Å²) in [4.78, 5) is 22.1. The van der Waals surface area contributed by atoms with Crippen LogP contribution in [0.2, 0.25) is 10.0 Å². The fourth-order valence-corrected chi connectivity index (χ4v) is 5.39. The number of nitrogens with zero attached hydrogens (tertiary/aromatic N) is 7. The van der Waals surface area contributed by atoms with Crippen molar-refractivity contribution in [3.63, 3.8) is 0 Å². The highest BCUT2D eigenvalue weighted by Gasteiger charge is 2.17. The van der Waals surface area contributed by atoms with Gasteiger partial charge in [0.1, 0.15) is 5.65 Å². The summed E-state index contributed by atoms with van der Waals surface area (Å²) in [6, 6.07) is 10.2. The predicted molar refractivity (Wildman–Crippen MR) is 156 cm³/mol. The molecule has 0 unspecified atom stereocenters. The minimum Gasteiger partial charge on any atom is -0.434 e. The Morgan fingerprint density at radius 2 is 1.90 bits per heavy atom. The molecule has 1 aliphatic rings. The van der Waals surface area contributed by atoms with Crippen LogP contribution >= 0.6 is 23.2 Å². The third kappa shape index (κ3) is 6.02. The van der Waals surface area contributed by atoms with E-state index in [1.807, 2.05) is 10.9 Å². The zero-order valence-corrected chi connectivity index (χ0v) is 23.6. The highest BCUT2D eigenvalue weighted by Crippen LogP contribution is 2.34. The Kier molecular flexibility index (Phi) is 7.82. The number of rotatable bonds is 8. The molecule has 210 valence electrons. The Bertz CT molecular complexity index is 1730. The number of fused-ring (bicyclic) bond motifs is 1. The molecule has 0 atom stereocenters. The lowest BCUT2D eigenvalue weighted by molar-refractivity contribution is 0.0623. The topological polar surface area (TPSA) is 122 Å². The lowest BCUT2D eigenvalue weighted by Crippen LogP contribution is -2.20. The molecule has 0 spiro atoms. The second-order valence-electron chi connectivity index (χ2n) is 9.76. The third-order valence-corrected chi connectivity index (χ3v) is 7.63. The molecule has 1 fully saturated rings. The van der Waals surface area contributed by atoms with Crippen LogP contribution < -0.4 is 15.6 Å². The summed E-state index contributed by atoms with van der Waals surface area (Å²) in [6.07, 6.45) is 8.39. The van der Waals surface area contributed by atoms with Gasteiger partial charge in [0.05, 0.1) is 28.0 Å². The van der Waals surface area contributed by atoms with Crippen molar-refractivity contribution in [2.24, 2.45) is 13.0 Å². The Balaban J connectivity index is 1.13. The third-order valence-electron chi connectivity index (χ3n) is 7.00. The Morgan fingerprint density at radius 3 is 2.66 bits per heavy atom. The largest absolute Gasteiger partial charge is 0.434 e. The second kappa shape index (κ2) is 11.8. The molecule has 0 bridgehead atoms. The molecule has 11 nitrogen and oxygen atoms in total. The van der Waals surface area contributed by atoms with Crippen LogP contribution in [0.4, 0.5) is 11.8 Å². The van der Waals surface area contributed by atoms with Gasteiger partial charge in [-0.3, -0.25) is 14.0 Å². The van der Waals surface area contributed by atoms with E-state index in [9.17, 15) is 4.79 Å².